The van der Waals surface area contributed by atoms with Gasteiger partial charge in [0, 0.05) is 30.6 Å². The molecule has 8 nitrogen and oxygen atoms in total. The minimum atomic E-state index is -0.625. The number of halogens is 1. The second-order valence-electron chi connectivity index (χ2n) is 12.3. The fourth-order valence-electron chi connectivity index (χ4n) is 5.10. The second-order valence-corrected chi connectivity index (χ2v) is 12.6. The Morgan fingerprint density at radius 2 is 1.70 bits per heavy atom. The summed E-state index contributed by atoms with van der Waals surface area (Å²) in [4.78, 5) is 46.6. The predicted octanol–water partition coefficient (Wildman–Crippen LogP) is 7.49. The van der Waals surface area contributed by atoms with Crippen LogP contribution >= 0.6 is 11.6 Å². The number of nitrogens with one attached hydrogen (secondary N) is 1. The number of carbonyl (C=O) groups excluding carboxylic acids is 2. The van der Waals surface area contributed by atoms with Gasteiger partial charge in [-0.15, -0.1) is 0 Å². The van der Waals surface area contributed by atoms with Crippen LogP contribution in [0.15, 0.2) is 75.9 Å². The van der Waals surface area contributed by atoms with E-state index in [1.54, 1.807) is 49.9 Å². The van der Waals surface area contributed by atoms with Crippen molar-refractivity contribution in [3.05, 3.63) is 110 Å². The van der Waals surface area contributed by atoms with Gasteiger partial charge in [0.1, 0.15) is 16.5 Å². The third-order valence-electron chi connectivity index (χ3n) is 7.11. The Labute approximate surface area is 263 Å². The predicted molar refractivity (Wildman–Crippen MR) is 173 cm³/mol. The molecule has 0 aliphatic rings. The summed E-state index contributed by atoms with van der Waals surface area (Å²) in [7, 11) is 0. The Morgan fingerprint density at radius 1 is 1.02 bits per heavy atom. The van der Waals surface area contributed by atoms with E-state index in [0.29, 0.717) is 35.1 Å². The summed E-state index contributed by atoms with van der Waals surface area (Å²) in [6, 6.07) is 19.6. The van der Waals surface area contributed by atoms with Gasteiger partial charge in [-0.05, 0) is 69.9 Å². The summed E-state index contributed by atoms with van der Waals surface area (Å²) in [6.07, 6.45) is 0.228. The summed E-state index contributed by atoms with van der Waals surface area (Å²) >= 11 is 6.21. The molecule has 2 heterocycles. The molecule has 2 aromatic heterocycles. The third kappa shape index (κ3) is 8.26. The third-order valence-corrected chi connectivity index (χ3v) is 7.32. The smallest absolute Gasteiger partial charge is 0.407 e. The average Bonchev–Trinajstić information content (AvgIpc) is 2.95. The molecule has 0 bridgehead atoms. The number of nitrogens with zero attached hydrogens (tertiary/aromatic N) is 2. The minimum absolute atomic E-state index is 0.120. The van der Waals surface area contributed by atoms with Gasteiger partial charge in [-0.3, -0.25) is 9.59 Å². The first-order chi connectivity index (χ1) is 20.8. The summed E-state index contributed by atoms with van der Waals surface area (Å²) in [6.45, 7) is 11.9. The van der Waals surface area contributed by atoms with Gasteiger partial charge in [-0.1, -0.05) is 73.5 Å². The Hall–Kier alpha value is -4.17. The van der Waals surface area contributed by atoms with Crippen molar-refractivity contribution in [1.82, 2.24) is 15.2 Å². The highest BCUT2D eigenvalue weighted by molar-refractivity contribution is 6.29. The van der Waals surface area contributed by atoms with Crippen LogP contribution in [0.2, 0.25) is 5.15 Å². The first kappa shape index (κ1) is 32.7. The van der Waals surface area contributed by atoms with Crippen molar-refractivity contribution in [2.75, 3.05) is 13.1 Å². The van der Waals surface area contributed by atoms with Crippen molar-refractivity contribution >= 4 is 34.7 Å². The van der Waals surface area contributed by atoms with Crippen molar-refractivity contribution in [3.8, 4) is 0 Å². The molecule has 2 aromatic carbocycles. The number of aromatic nitrogens is 1. The zero-order valence-electron chi connectivity index (χ0n) is 26.1. The zero-order valence-corrected chi connectivity index (χ0v) is 26.9. The van der Waals surface area contributed by atoms with E-state index in [0.717, 1.165) is 11.1 Å². The number of amides is 2. The molecule has 1 unspecified atom stereocenters. The van der Waals surface area contributed by atoms with E-state index in [1.165, 1.54) is 0 Å². The van der Waals surface area contributed by atoms with Gasteiger partial charge in [-0.2, -0.15) is 0 Å². The number of benzene rings is 2. The summed E-state index contributed by atoms with van der Waals surface area (Å²) in [5.74, 6) is 0.00244. The molecule has 4 rings (SSSR count). The molecule has 0 saturated heterocycles. The largest absolute Gasteiger partial charge is 0.444 e. The van der Waals surface area contributed by atoms with Gasteiger partial charge in [0.15, 0.2) is 5.43 Å². The van der Waals surface area contributed by atoms with E-state index >= 15 is 0 Å². The van der Waals surface area contributed by atoms with Crippen LogP contribution < -0.4 is 10.7 Å². The number of rotatable bonds is 10. The summed E-state index contributed by atoms with van der Waals surface area (Å²) in [5.41, 5.74) is 2.21. The van der Waals surface area contributed by atoms with Crippen molar-refractivity contribution in [3.63, 3.8) is 0 Å². The molecule has 0 spiro atoms. The molecule has 0 saturated carbocycles. The lowest BCUT2D eigenvalue weighted by atomic mass is 9.92. The first-order valence-corrected chi connectivity index (χ1v) is 15.2. The Balaban J connectivity index is 1.80. The molecule has 232 valence electrons. The van der Waals surface area contributed by atoms with Crippen LogP contribution in [-0.2, 0) is 11.2 Å². The molecule has 4 aromatic rings. The molecule has 0 fully saturated rings. The van der Waals surface area contributed by atoms with Crippen LogP contribution in [0.3, 0.4) is 0 Å². The number of carbonyl (C=O) groups is 2. The molecule has 0 aliphatic carbocycles. The zero-order chi connectivity index (χ0) is 32.0. The number of fused-ring (bicyclic) bond motifs is 1. The molecular weight excluding hydrogens is 578 g/mol. The maximum Gasteiger partial charge on any atom is 0.407 e. The lowest BCUT2D eigenvalue weighted by Gasteiger charge is -2.35. The monoisotopic (exact) mass is 617 g/mol. The lowest BCUT2D eigenvalue weighted by molar-refractivity contribution is 0.0517. The second kappa shape index (κ2) is 14.1. The molecule has 0 radical (unpaired) electrons. The van der Waals surface area contributed by atoms with Crippen molar-refractivity contribution < 1.29 is 18.7 Å². The lowest BCUT2D eigenvalue weighted by Crippen LogP contribution is -2.41. The molecule has 0 aliphatic heterocycles. The van der Waals surface area contributed by atoms with E-state index in [-0.39, 0.29) is 41.2 Å². The highest BCUT2D eigenvalue weighted by Crippen LogP contribution is 2.34. The number of ether oxygens (including phenoxy) is 1. The normalized spacial score (nSPS) is 12.3. The standard InChI is InChI=1S/C35H40ClN3O5/c1-22(2)29(31-27(21-24-11-8-7-9-12-24)30(40)26-17-18-28(36)38-32(26)43-31)39(33(41)25-15-13-23(3)14-16-25)20-10-19-37-34(42)44-35(4,5)6/h7-9,11-18,22,29H,10,19-21H2,1-6H3,(H,37,42). The molecular formula is C35H40ClN3O5. The van der Waals surface area contributed by atoms with Gasteiger partial charge in [0.25, 0.3) is 5.91 Å². The van der Waals surface area contributed by atoms with Crippen LogP contribution in [0, 0.1) is 12.8 Å². The topological polar surface area (TPSA) is 102 Å². The highest BCUT2D eigenvalue weighted by Gasteiger charge is 2.34. The average molecular weight is 618 g/mol. The van der Waals surface area contributed by atoms with Gasteiger partial charge in [0.2, 0.25) is 5.71 Å². The number of hydrogen-bond acceptors (Lipinski definition) is 6. The number of alkyl carbamates (subject to hydrolysis) is 1. The molecule has 2 amide bonds. The molecule has 9 heteroatoms. The highest BCUT2D eigenvalue weighted by atomic mass is 35.5. The Kier molecular flexibility index (Phi) is 10.5. The van der Waals surface area contributed by atoms with Crippen LogP contribution in [0.25, 0.3) is 11.1 Å². The number of hydrogen-bond donors (Lipinski definition) is 1. The van der Waals surface area contributed by atoms with Crippen molar-refractivity contribution in [2.24, 2.45) is 5.92 Å². The van der Waals surface area contributed by atoms with Gasteiger partial charge < -0.3 is 19.4 Å². The maximum absolute atomic E-state index is 14.2. The fraction of sp³-hybridized carbons (Fsp3) is 0.371. The quantitative estimate of drug-likeness (QED) is 0.146. The van der Waals surface area contributed by atoms with Crippen molar-refractivity contribution in [1.29, 1.82) is 0 Å². The minimum Gasteiger partial charge on any atom is -0.444 e. The maximum atomic E-state index is 14.2. The van der Waals surface area contributed by atoms with Crippen molar-refractivity contribution in [2.45, 2.75) is 66.0 Å². The first-order valence-electron chi connectivity index (χ1n) is 14.8. The summed E-state index contributed by atoms with van der Waals surface area (Å²) < 4.78 is 11.8. The Bertz CT molecular complexity index is 1660. The van der Waals surface area contributed by atoms with E-state index in [4.69, 9.17) is 20.8 Å². The Morgan fingerprint density at radius 3 is 2.34 bits per heavy atom. The fourth-order valence-corrected chi connectivity index (χ4v) is 5.24. The van der Waals surface area contributed by atoms with Crippen LogP contribution in [0.5, 0.6) is 0 Å². The van der Waals surface area contributed by atoms with Crippen LogP contribution in [0.4, 0.5) is 4.79 Å². The van der Waals surface area contributed by atoms with Crippen LogP contribution in [0.1, 0.15) is 79.9 Å². The van der Waals surface area contributed by atoms with Gasteiger partial charge >= 0.3 is 6.09 Å². The van der Waals surface area contributed by atoms with Gasteiger partial charge in [0.05, 0.1) is 11.4 Å². The number of pyridine rings is 1. The van der Waals surface area contributed by atoms with E-state index in [2.05, 4.69) is 10.3 Å². The number of aryl methyl sites for hydroxylation is 1. The molecule has 1 atom stereocenters. The molecule has 1 N–H and O–H groups in total. The molecule has 44 heavy (non-hydrogen) atoms. The van der Waals surface area contributed by atoms with Gasteiger partial charge in [-0.25, -0.2) is 9.78 Å². The summed E-state index contributed by atoms with van der Waals surface area (Å²) in [5, 5.41) is 3.30. The van der Waals surface area contributed by atoms with E-state index in [1.807, 2.05) is 63.2 Å². The van der Waals surface area contributed by atoms with Crippen LogP contribution in [-0.4, -0.2) is 40.6 Å². The van der Waals surface area contributed by atoms with E-state index in [9.17, 15) is 14.4 Å². The van der Waals surface area contributed by atoms with E-state index < -0.39 is 17.7 Å². The SMILES string of the molecule is Cc1ccc(C(=O)N(CCCNC(=O)OC(C)(C)C)C(c2oc3nc(Cl)ccc3c(=O)c2Cc2ccccc2)C(C)C)cc1.